The first kappa shape index (κ1) is 7.79. The molecule has 0 amide bonds. The highest BCUT2D eigenvalue weighted by Crippen LogP contribution is 2.13. The number of hydrogen-bond acceptors (Lipinski definition) is 2. The Hall–Kier alpha value is -1.31. The van der Waals surface area contributed by atoms with Crippen molar-refractivity contribution < 1.29 is 9.90 Å². The monoisotopic (exact) mass is 149 g/mol. The largest absolute Gasteiger partial charge is 0.872 e. The van der Waals surface area contributed by atoms with Crippen molar-refractivity contribution in [1.82, 2.24) is 0 Å². The lowest BCUT2D eigenvalue weighted by atomic mass is 10.1. The standard InChI is InChI=1S/C9H10O2/c1-2-8(10)7-5-3-4-6-9(7)11/h3-6,11H,2H2,1H3/p-1. The van der Waals surface area contributed by atoms with Crippen LogP contribution in [0.15, 0.2) is 24.3 Å². The summed E-state index contributed by atoms with van der Waals surface area (Å²) in [7, 11) is 0. The highest BCUT2D eigenvalue weighted by Gasteiger charge is 2.00. The van der Waals surface area contributed by atoms with Gasteiger partial charge in [-0.05, 0) is 0 Å². The SMILES string of the molecule is CCC(=O)c1ccccc1[O-]. The minimum atomic E-state index is -0.181. The molecule has 0 spiro atoms. The average Bonchev–Trinajstić information content (AvgIpc) is 2.04. The molecule has 0 N–H and O–H groups in total. The predicted molar refractivity (Wildman–Crippen MR) is 40.5 cm³/mol. The second-order valence-electron chi connectivity index (χ2n) is 2.27. The van der Waals surface area contributed by atoms with E-state index in [1.165, 1.54) is 6.07 Å². The molecule has 0 unspecified atom stereocenters. The Morgan fingerprint density at radius 3 is 2.64 bits per heavy atom. The van der Waals surface area contributed by atoms with Crippen LogP contribution in [0.4, 0.5) is 0 Å². The summed E-state index contributed by atoms with van der Waals surface area (Å²) in [6, 6.07) is 6.30. The van der Waals surface area contributed by atoms with Crippen LogP contribution in [0, 0.1) is 0 Å². The molecule has 0 saturated heterocycles. The normalized spacial score (nSPS) is 9.55. The molecule has 2 heteroatoms. The topological polar surface area (TPSA) is 40.1 Å². The van der Waals surface area contributed by atoms with Gasteiger partial charge in [0.2, 0.25) is 0 Å². The summed E-state index contributed by atoms with van der Waals surface area (Å²) in [6.07, 6.45) is 0.388. The number of carbonyl (C=O) groups is 1. The van der Waals surface area contributed by atoms with Crippen LogP contribution < -0.4 is 5.11 Å². The van der Waals surface area contributed by atoms with Crippen LogP contribution in [0.1, 0.15) is 23.7 Å². The Morgan fingerprint density at radius 2 is 2.09 bits per heavy atom. The van der Waals surface area contributed by atoms with Gasteiger partial charge < -0.3 is 5.11 Å². The Kier molecular flexibility index (Phi) is 2.26. The minimum absolute atomic E-state index is 0.0874. The van der Waals surface area contributed by atoms with Gasteiger partial charge in [0.05, 0.1) is 0 Å². The molecule has 2 nitrogen and oxygen atoms in total. The van der Waals surface area contributed by atoms with Crippen molar-refractivity contribution in [1.29, 1.82) is 0 Å². The molecular weight excluding hydrogens is 140 g/mol. The summed E-state index contributed by atoms with van der Waals surface area (Å²) in [5.74, 6) is -0.269. The third-order valence-corrected chi connectivity index (χ3v) is 1.51. The number of Topliss-reactive ketones (excluding diaryl/α,β-unsaturated/α-hetero) is 1. The summed E-state index contributed by atoms with van der Waals surface area (Å²) >= 11 is 0. The molecule has 0 aliphatic carbocycles. The maximum Gasteiger partial charge on any atom is 0.161 e. The molecule has 0 aliphatic heterocycles. The van der Waals surface area contributed by atoms with Crippen molar-refractivity contribution in [2.75, 3.05) is 0 Å². The zero-order chi connectivity index (χ0) is 8.27. The van der Waals surface area contributed by atoms with Gasteiger partial charge in [0.1, 0.15) is 0 Å². The number of hydrogen-bond donors (Lipinski definition) is 0. The number of benzene rings is 1. The lowest BCUT2D eigenvalue weighted by molar-refractivity contribution is -0.268. The van der Waals surface area contributed by atoms with Crippen LogP contribution in [-0.2, 0) is 0 Å². The van der Waals surface area contributed by atoms with Crippen LogP contribution in [0.3, 0.4) is 0 Å². The van der Waals surface area contributed by atoms with Crippen LogP contribution in [0.2, 0.25) is 0 Å². The molecule has 58 valence electrons. The fourth-order valence-corrected chi connectivity index (χ4v) is 0.887. The highest BCUT2D eigenvalue weighted by molar-refractivity contribution is 5.98. The number of ketones is 1. The summed E-state index contributed by atoms with van der Waals surface area (Å²) in [5.41, 5.74) is 0.301. The Labute approximate surface area is 65.5 Å². The molecular formula is C9H9O2-. The first-order chi connectivity index (χ1) is 5.25. The van der Waals surface area contributed by atoms with E-state index in [2.05, 4.69) is 0 Å². The van der Waals surface area contributed by atoms with Crippen LogP contribution in [0.25, 0.3) is 0 Å². The zero-order valence-electron chi connectivity index (χ0n) is 6.33. The maximum absolute atomic E-state index is 11.0. The lowest BCUT2D eigenvalue weighted by Crippen LogP contribution is -2.02. The van der Waals surface area contributed by atoms with E-state index >= 15 is 0 Å². The number of carbonyl (C=O) groups excluding carboxylic acids is 1. The zero-order valence-corrected chi connectivity index (χ0v) is 6.33. The van der Waals surface area contributed by atoms with E-state index in [4.69, 9.17) is 0 Å². The summed E-state index contributed by atoms with van der Waals surface area (Å²) in [5, 5.41) is 11.0. The van der Waals surface area contributed by atoms with Crippen LogP contribution >= 0.6 is 0 Å². The van der Waals surface area contributed by atoms with Crippen molar-refractivity contribution in [3.63, 3.8) is 0 Å². The summed E-state index contributed by atoms with van der Waals surface area (Å²) in [6.45, 7) is 1.74. The minimum Gasteiger partial charge on any atom is -0.872 e. The van der Waals surface area contributed by atoms with Crippen molar-refractivity contribution >= 4 is 5.78 Å². The second-order valence-corrected chi connectivity index (χ2v) is 2.27. The van der Waals surface area contributed by atoms with Gasteiger partial charge in [-0.2, -0.15) is 0 Å². The van der Waals surface area contributed by atoms with Crippen molar-refractivity contribution in [2.45, 2.75) is 13.3 Å². The summed E-state index contributed by atoms with van der Waals surface area (Å²) < 4.78 is 0. The quantitative estimate of drug-likeness (QED) is 0.595. The first-order valence-electron chi connectivity index (χ1n) is 3.55. The van der Waals surface area contributed by atoms with E-state index in [0.29, 0.717) is 12.0 Å². The van der Waals surface area contributed by atoms with Gasteiger partial charge in [0.15, 0.2) is 5.78 Å². The van der Waals surface area contributed by atoms with E-state index < -0.39 is 0 Å². The van der Waals surface area contributed by atoms with Crippen LogP contribution in [-0.4, -0.2) is 5.78 Å². The third-order valence-electron chi connectivity index (χ3n) is 1.51. The molecule has 0 fully saturated rings. The average molecular weight is 149 g/mol. The second kappa shape index (κ2) is 3.19. The lowest BCUT2D eigenvalue weighted by Gasteiger charge is -2.09. The number of rotatable bonds is 2. The summed E-state index contributed by atoms with van der Waals surface area (Å²) in [4.78, 5) is 11.0. The molecule has 0 aromatic heterocycles. The van der Waals surface area contributed by atoms with Gasteiger partial charge in [-0.1, -0.05) is 36.9 Å². The first-order valence-corrected chi connectivity index (χ1v) is 3.55. The van der Waals surface area contributed by atoms with E-state index in [1.807, 2.05) is 0 Å². The molecule has 0 bridgehead atoms. The van der Waals surface area contributed by atoms with Gasteiger partial charge in [0.25, 0.3) is 0 Å². The van der Waals surface area contributed by atoms with Gasteiger partial charge in [-0.15, -0.1) is 0 Å². The Balaban J connectivity index is 3.03. The molecule has 1 aromatic carbocycles. The highest BCUT2D eigenvalue weighted by atomic mass is 16.3. The van der Waals surface area contributed by atoms with Gasteiger partial charge in [0, 0.05) is 12.0 Å². The molecule has 0 atom stereocenters. The van der Waals surface area contributed by atoms with E-state index in [9.17, 15) is 9.90 Å². The Bertz CT molecular complexity index is 266. The van der Waals surface area contributed by atoms with E-state index in [-0.39, 0.29) is 11.5 Å². The van der Waals surface area contributed by atoms with Crippen LogP contribution in [0.5, 0.6) is 5.75 Å². The van der Waals surface area contributed by atoms with Crippen molar-refractivity contribution in [3.8, 4) is 5.75 Å². The predicted octanol–water partition coefficient (Wildman–Crippen LogP) is 1.35. The maximum atomic E-state index is 11.0. The van der Waals surface area contributed by atoms with Gasteiger partial charge in [-0.3, -0.25) is 4.79 Å². The van der Waals surface area contributed by atoms with E-state index in [1.54, 1.807) is 25.1 Å². The third kappa shape index (κ3) is 1.58. The molecule has 0 saturated carbocycles. The molecule has 1 rings (SSSR count). The van der Waals surface area contributed by atoms with Gasteiger partial charge in [-0.25, -0.2) is 0 Å². The number of para-hydroxylation sites is 1. The molecule has 0 aliphatic rings. The van der Waals surface area contributed by atoms with Gasteiger partial charge >= 0.3 is 0 Å². The smallest absolute Gasteiger partial charge is 0.161 e. The molecule has 0 radical (unpaired) electrons. The van der Waals surface area contributed by atoms with Crippen molar-refractivity contribution in [2.24, 2.45) is 0 Å². The van der Waals surface area contributed by atoms with Crippen molar-refractivity contribution in [3.05, 3.63) is 29.8 Å². The molecule has 11 heavy (non-hydrogen) atoms. The molecule has 0 heterocycles. The molecule has 1 aromatic rings. The van der Waals surface area contributed by atoms with E-state index in [0.717, 1.165) is 0 Å². The fraction of sp³-hybridized carbons (Fsp3) is 0.222. The fourth-order valence-electron chi connectivity index (χ4n) is 0.887. The Morgan fingerprint density at radius 1 is 1.45 bits per heavy atom.